The van der Waals surface area contributed by atoms with Gasteiger partial charge in [-0.2, -0.15) is 10.0 Å². The van der Waals surface area contributed by atoms with E-state index in [0.29, 0.717) is 18.0 Å². The molecule has 3 aromatic carbocycles. The van der Waals surface area contributed by atoms with Crippen molar-refractivity contribution in [1.29, 1.82) is 5.26 Å². The second kappa shape index (κ2) is 11.4. The van der Waals surface area contributed by atoms with Gasteiger partial charge in [0.1, 0.15) is 6.61 Å². The fourth-order valence-corrected chi connectivity index (χ4v) is 3.84. The van der Waals surface area contributed by atoms with Crippen LogP contribution in [0.4, 0.5) is 0 Å². The summed E-state index contributed by atoms with van der Waals surface area (Å²) in [6.45, 7) is 1.06. The lowest BCUT2D eigenvalue weighted by atomic mass is 10.1. The number of hydrogen-bond donors (Lipinski definition) is 0. The van der Waals surface area contributed by atoms with Crippen LogP contribution in [0.3, 0.4) is 0 Å². The molecule has 1 aliphatic heterocycles. The average Bonchev–Trinajstić information content (AvgIpc) is 3.13. The largest absolute Gasteiger partial charge is 0.623 e. The third-order valence-electron chi connectivity index (χ3n) is 5.56. The normalized spacial score (nSPS) is 20.0. The van der Waals surface area contributed by atoms with E-state index in [9.17, 15) is 10.5 Å². The van der Waals surface area contributed by atoms with E-state index in [2.05, 4.69) is 0 Å². The Balaban J connectivity index is 1.49. The van der Waals surface area contributed by atoms with Crippen LogP contribution in [0.2, 0.25) is 0 Å². The monoisotopic (exact) mass is 442 g/mol. The van der Waals surface area contributed by atoms with Gasteiger partial charge < -0.3 is 19.4 Å². The molecule has 33 heavy (non-hydrogen) atoms. The number of nitriles is 1. The predicted octanol–water partition coefficient (Wildman–Crippen LogP) is 4.23. The molecule has 0 radical (unpaired) electrons. The van der Waals surface area contributed by atoms with E-state index in [1.54, 1.807) is 0 Å². The Labute approximate surface area is 193 Å². The van der Waals surface area contributed by atoms with E-state index >= 15 is 0 Å². The smallest absolute Gasteiger partial charge is 0.297 e. The van der Waals surface area contributed by atoms with Crippen molar-refractivity contribution in [2.75, 3.05) is 6.61 Å². The van der Waals surface area contributed by atoms with Gasteiger partial charge in [-0.15, -0.1) is 0 Å². The third-order valence-corrected chi connectivity index (χ3v) is 5.56. The molecule has 1 heterocycles. The molecular formula is C27H26N2O4. The van der Waals surface area contributed by atoms with Crippen LogP contribution < -0.4 is 0 Å². The van der Waals surface area contributed by atoms with Gasteiger partial charge in [-0.3, -0.25) is 0 Å². The highest BCUT2D eigenvalue weighted by Crippen LogP contribution is 2.24. The van der Waals surface area contributed by atoms with Gasteiger partial charge in [0.05, 0.1) is 19.8 Å². The minimum Gasteiger partial charge on any atom is -0.623 e. The second-order valence-corrected chi connectivity index (χ2v) is 7.87. The maximum absolute atomic E-state index is 13.0. The summed E-state index contributed by atoms with van der Waals surface area (Å²) in [5.41, 5.74) is 2.96. The van der Waals surface area contributed by atoms with Crippen LogP contribution in [0.5, 0.6) is 0 Å². The molecule has 1 aliphatic rings. The highest BCUT2D eigenvalue weighted by atomic mass is 16.6. The van der Waals surface area contributed by atoms with Crippen molar-refractivity contribution in [2.45, 2.75) is 38.1 Å². The lowest BCUT2D eigenvalue weighted by Crippen LogP contribution is -2.41. The van der Waals surface area contributed by atoms with Gasteiger partial charge in [-0.25, -0.2) is 0 Å². The van der Waals surface area contributed by atoms with Crippen LogP contribution in [0.25, 0.3) is 0 Å². The molecule has 0 aliphatic carbocycles. The number of rotatable bonds is 10. The van der Waals surface area contributed by atoms with Crippen molar-refractivity contribution in [3.05, 3.63) is 113 Å². The van der Waals surface area contributed by atoms with Crippen molar-refractivity contribution in [1.82, 2.24) is 0 Å². The number of nitrogens with zero attached hydrogens (tertiary/aromatic N) is 2. The third kappa shape index (κ3) is 5.85. The summed E-state index contributed by atoms with van der Waals surface area (Å²) in [5, 5.41) is 22.8. The van der Waals surface area contributed by atoms with Crippen LogP contribution in [0.15, 0.2) is 91.0 Å². The summed E-state index contributed by atoms with van der Waals surface area (Å²) in [7, 11) is 0. The fraction of sp³-hybridized carbons (Fsp3) is 0.259. The molecule has 3 aromatic rings. The first-order valence-corrected chi connectivity index (χ1v) is 10.9. The summed E-state index contributed by atoms with van der Waals surface area (Å²) < 4.78 is 18.8. The van der Waals surface area contributed by atoms with Gasteiger partial charge >= 0.3 is 0 Å². The van der Waals surface area contributed by atoms with Crippen molar-refractivity contribution in [3.63, 3.8) is 0 Å². The molecule has 6 nitrogen and oxygen atoms in total. The molecule has 0 aromatic heterocycles. The molecule has 0 fully saturated rings. The van der Waals surface area contributed by atoms with Crippen molar-refractivity contribution >= 4 is 5.71 Å². The zero-order valence-electron chi connectivity index (χ0n) is 18.2. The predicted molar refractivity (Wildman–Crippen MR) is 124 cm³/mol. The van der Waals surface area contributed by atoms with E-state index in [1.807, 2.05) is 97.1 Å². The van der Waals surface area contributed by atoms with Crippen LogP contribution in [-0.4, -0.2) is 35.3 Å². The Bertz CT molecular complexity index is 1080. The van der Waals surface area contributed by atoms with E-state index in [0.717, 1.165) is 16.7 Å². The molecule has 0 unspecified atom stereocenters. The van der Waals surface area contributed by atoms with Gasteiger partial charge in [0.25, 0.3) is 5.71 Å². The highest BCUT2D eigenvalue weighted by molar-refractivity contribution is 5.99. The van der Waals surface area contributed by atoms with Gasteiger partial charge in [-0.1, -0.05) is 91.0 Å². The topological polar surface area (TPSA) is 77.6 Å². The van der Waals surface area contributed by atoms with Gasteiger partial charge in [0, 0.05) is 0 Å². The standard InChI is InChI=1S/C27H26N2O4/c28-16-24-26(32-18-22-12-6-2-7-13-22)27(33-19-23-14-8-3-9-15-23)25(29(24)30)20-31-17-21-10-4-1-5-11-21/h1-15,25-27H,17-20H2/t25-,26-,27-/m1/s1. The zero-order valence-corrected chi connectivity index (χ0v) is 18.2. The van der Waals surface area contributed by atoms with Crippen LogP contribution >= 0.6 is 0 Å². The molecule has 0 spiro atoms. The van der Waals surface area contributed by atoms with E-state index in [-0.39, 0.29) is 18.9 Å². The summed E-state index contributed by atoms with van der Waals surface area (Å²) >= 11 is 0. The molecule has 168 valence electrons. The van der Waals surface area contributed by atoms with E-state index < -0.39 is 18.2 Å². The first kappa shape index (κ1) is 22.7. The van der Waals surface area contributed by atoms with E-state index in [4.69, 9.17) is 14.2 Å². The average molecular weight is 443 g/mol. The number of benzene rings is 3. The lowest BCUT2D eigenvalue weighted by molar-refractivity contribution is -0.507. The number of hydroxylamine groups is 1. The Hall–Kier alpha value is -3.50. The van der Waals surface area contributed by atoms with Crippen molar-refractivity contribution < 1.29 is 18.9 Å². The quantitative estimate of drug-likeness (QED) is 0.347. The fourth-order valence-electron chi connectivity index (χ4n) is 3.84. The maximum atomic E-state index is 13.0. The number of ether oxygens (including phenoxy) is 3. The molecule has 4 rings (SSSR count). The Morgan fingerprint density at radius 2 is 1.21 bits per heavy atom. The molecule has 0 amide bonds. The lowest BCUT2D eigenvalue weighted by Gasteiger charge is -2.22. The molecule has 0 saturated heterocycles. The first-order valence-electron chi connectivity index (χ1n) is 10.9. The van der Waals surface area contributed by atoms with Crippen molar-refractivity contribution in [3.8, 4) is 6.07 Å². The SMILES string of the molecule is N#CC1=[N+]([O-])[C@H](COCc2ccccc2)[C@@H](OCc2ccccc2)[C@@H]1OCc1ccccc1. The minimum atomic E-state index is -0.776. The molecule has 0 saturated carbocycles. The summed E-state index contributed by atoms with van der Waals surface area (Å²) in [6, 6.07) is 30.5. The van der Waals surface area contributed by atoms with Gasteiger partial charge in [0.2, 0.25) is 6.04 Å². The summed E-state index contributed by atoms with van der Waals surface area (Å²) in [4.78, 5) is 0. The summed E-state index contributed by atoms with van der Waals surface area (Å²) in [5.74, 6) is 0. The maximum Gasteiger partial charge on any atom is 0.297 e. The van der Waals surface area contributed by atoms with Gasteiger partial charge in [0.15, 0.2) is 18.3 Å². The van der Waals surface area contributed by atoms with Crippen molar-refractivity contribution in [2.24, 2.45) is 0 Å². The zero-order chi connectivity index (χ0) is 22.9. The molecule has 3 atom stereocenters. The molecule has 0 bridgehead atoms. The second-order valence-electron chi connectivity index (χ2n) is 7.87. The molecule has 6 heteroatoms. The Morgan fingerprint density at radius 3 is 1.73 bits per heavy atom. The highest BCUT2D eigenvalue weighted by Gasteiger charge is 2.50. The summed E-state index contributed by atoms with van der Waals surface area (Å²) in [6.07, 6.45) is -1.42. The number of hydrogen-bond acceptors (Lipinski definition) is 5. The van der Waals surface area contributed by atoms with Crippen LogP contribution in [0, 0.1) is 16.5 Å². The van der Waals surface area contributed by atoms with Gasteiger partial charge in [-0.05, 0) is 16.7 Å². The van der Waals surface area contributed by atoms with Crippen LogP contribution in [-0.2, 0) is 34.0 Å². The minimum absolute atomic E-state index is 0.0114. The Kier molecular flexibility index (Phi) is 7.83. The molecule has 0 N–H and O–H groups in total. The van der Waals surface area contributed by atoms with Crippen LogP contribution in [0.1, 0.15) is 16.7 Å². The first-order chi connectivity index (χ1) is 16.3. The Morgan fingerprint density at radius 1 is 0.727 bits per heavy atom. The van der Waals surface area contributed by atoms with E-state index in [1.165, 1.54) is 0 Å². The molecular weight excluding hydrogens is 416 g/mol.